The van der Waals surface area contributed by atoms with Crippen LogP contribution in [0.1, 0.15) is 0 Å². The number of Topliss-reactive ketones (excluding diaryl/α,β-unsaturated/α-hetero) is 1. The van der Waals surface area contributed by atoms with Gasteiger partial charge < -0.3 is 14.7 Å². The third-order valence-electron chi connectivity index (χ3n) is 2.39. The molecule has 2 unspecified atom stereocenters. The average Bonchev–Trinajstić information content (AvgIpc) is 2.53. The molecule has 0 bridgehead atoms. The normalized spacial score (nSPS) is 34.0. The molecule has 5 nitrogen and oxygen atoms in total. The molecule has 2 heterocycles. The predicted octanol–water partition coefficient (Wildman–Crippen LogP) is -0.436. The molecule has 0 spiro atoms. The van der Waals surface area contributed by atoms with Gasteiger partial charge in [-0.3, -0.25) is 4.79 Å². The summed E-state index contributed by atoms with van der Waals surface area (Å²) >= 11 is 0. The summed E-state index contributed by atoms with van der Waals surface area (Å²) in [5, 5.41) is 8.61. The Morgan fingerprint density at radius 2 is 2.33 bits per heavy atom. The molecule has 0 aliphatic carbocycles. The molecule has 0 saturated carbocycles. The third-order valence-corrected chi connectivity index (χ3v) is 2.39. The number of likely N-dealkylation sites (tertiary alicyclic amines) is 1. The Morgan fingerprint density at radius 3 is 2.92 bits per heavy atom. The molecule has 2 aliphatic heterocycles. The first-order valence-corrected chi connectivity index (χ1v) is 3.80. The fraction of sp³-hybridized carbons (Fsp3) is 0.714. The number of ether oxygens (including phenoxy) is 1. The van der Waals surface area contributed by atoms with E-state index in [2.05, 4.69) is 0 Å². The lowest BCUT2D eigenvalue weighted by molar-refractivity contribution is -0.120. The largest absolute Gasteiger partial charge is 0.465 e. The van der Waals surface area contributed by atoms with E-state index >= 15 is 0 Å². The van der Waals surface area contributed by atoms with Crippen molar-refractivity contribution < 1.29 is 19.4 Å². The molecule has 2 aliphatic rings. The van der Waals surface area contributed by atoms with Crippen LogP contribution in [0.4, 0.5) is 4.79 Å². The van der Waals surface area contributed by atoms with Gasteiger partial charge in [-0.25, -0.2) is 4.79 Å². The van der Waals surface area contributed by atoms with Crippen molar-refractivity contribution in [3.8, 4) is 0 Å². The van der Waals surface area contributed by atoms with Gasteiger partial charge in [0.15, 0.2) is 5.78 Å². The van der Waals surface area contributed by atoms with E-state index in [1.165, 1.54) is 4.90 Å². The quantitative estimate of drug-likeness (QED) is 0.536. The van der Waals surface area contributed by atoms with E-state index in [0.29, 0.717) is 13.1 Å². The Labute approximate surface area is 68.9 Å². The number of carboxylic acid groups (broad SMARTS) is 1. The number of carbonyl (C=O) groups is 2. The van der Waals surface area contributed by atoms with Crippen molar-refractivity contribution in [2.24, 2.45) is 5.92 Å². The molecule has 2 saturated heterocycles. The van der Waals surface area contributed by atoms with Gasteiger partial charge in [0.05, 0.1) is 18.6 Å². The highest BCUT2D eigenvalue weighted by Crippen LogP contribution is 2.26. The Kier molecular flexibility index (Phi) is 1.54. The van der Waals surface area contributed by atoms with E-state index in [9.17, 15) is 9.59 Å². The van der Waals surface area contributed by atoms with Crippen molar-refractivity contribution in [1.29, 1.82) is 0 Å². The van der Waals surface area contributed by atoms with Crippen LogP contribution < -0.4 is 0 Å². The molecule has 2 atom stereocenters. The van der Waals surface area contributed by atoms with E-state index in [0.717, 1.165) is 0 Å². The maximum absolute atomic E-state index is 11.1. The van der Waals surface area contributed by atoms with Crippen LogP contribution in [-0.4, -0.2) is 47.7 Å². The van der Waals surface area contributed by atoms with Crippen LogP contribution in [0.25, 0.3) is 0 Å². The van der Waals surface area contributed by atoms with Crippen LogP contribution in [0, 0.1) is 5.92 Å². The van der Waals surface area contributed by atoms with Crippen molar-refractivity contribution in [2.75, 3.05) is 19.7 Å². The minimum atomic E-state index is -0.971. The predicted molar refractivity (Wildman–Crippen MR) is 37.8 cm³/mol. The highest BCUT2D eigenvalue weighted by molar-refractivity contribution is 5.86. The van der Waals surface area contributed by atoms with E-state index in [4.69, 9.17) is 9.84 Å². The lowest BCUT2D eigenvalue weighted by atomic mass is 10.1. The van der Waals surface area contributed by atoms with Crippen LogP contribution in [-0.2, 0) is 9.53 Å². The summed E-state index contributed by atoms with van der Waals surface area (Å²) in [6, 6.07) is 0. The van der Waals surface area contributed by atoms with Crippen LogP contribution >= 0.6 is 0 Å². The van der Waals surface area contributed by atoms with Gasteiger partial charge in [-0.2, -0.15) is 0 Å². The van der Waals surface area contributed by atoms with Gasteiger partial charge in [0, 0.05) is 6.54 Å². The Bertz CT molecular complexity index is 240. The number of rotatable bonds is 0. The minimum absolute atomic E-state index is 0.0313. The molecule has 1 amide bonds. The number of carbonyl (C=O) groups excluding carboxylic acids is 1. The Balaban J connectivity index is 2.07. The van der Waals surface area contributed by atoms with E-state index in [-0.39, 0.29) is 24.4 Å². The van der Waals surface area contributed by atoms with Crippen molar-refractivity contribution in [1.82, 2.24) is 4.90 Å². The summed E-state index contributed by atoms with van der Waals surface area (Å²) < 4.78 is 5.12. The summed E-state index contributed by atoms with van der Waals surface area (Å²) in [5.41, 5.74) is 0. The first kappa shape index (κ1) is 7.54. The number of nitrogens with zero attached hydrogens (tertiary/aromatic N) is 1. The van der Waals surface area contributed by atoms with Crippen molar-refractivity contribution in [3.05, 3.63) is 0 Å². The third kappa shape index (κ3) is 0.972. The summed E-state index contributed by atoms with van der Waals surface area (Å²) in [6.07, 6.45) is -1.16. The first-order chi connectivity index (χ1) is 5.68. The second-order valence-corrected chi connectivity index (χ2v) is 3.11. The van der Waals surface area contributed by atoms with Crippen LogP contribution in [0.3, 0.4) is 0 Å². The van der Waals surface area contributed by atoms with Crippen LogP contribution in [0.5, 0.6) is 0 Å². The van der Waals surface area contributed by atoms with Crippen LogP contribution in [0.15, 0.2) is 0 Å². The zero-order valence-electron chi connectivity index (χ0n) is 6.40. The van der Waals surface area contributed by atoms with Crippen molar-refractivity contribution in [3.63, 3.8) is 0 Å². The summed E-state index contributed by atoms with van der Waals surface area (Å²) in [5.74, 6) is -0.176. The second-order valence-electron chi connectivity index (χ2n) is 3.11. The average molecular weight is 171 g/mol. The molecule has 0 aromatic carbocycles. The smallest absolute Gasteiger partial charge is 0.407 e. The number of amides is 1. The monoisotopic (exact) mass is 171 g/mol. The number of hydrogen-bond donors (Lipinski definition) is 1. The van der Waals surface area contributed by atoms with Crippen molar-refractivity contribution >= 4 is 11.9 Å². The fourth-order valence-electron chi connectivity index (χ4n) is 1.70. The molecule has 2 rings (SSSR count). The number of ketones is 1. The molecule has 1 N–H and O–H groups in total. The Morgan fingerprint density at radius 1 is 1.58 bits per heavy atom. The highest BCUT2D eigenvalue weighted by atomic mass is 16.5. The van der Waals surface area contributed by atoms with E-state index in [1.54, 1.807) is 0 Å². The summed E-state index contributed by atoms with van der Waals surface area (Å²) in [7, 11) is 0. The standard InChI is InChI=1S/C7H9NO4/c9-5-3-12-6-2-8(7(10)11)1-4(5)6/h4,6H,1-3H2,(H,10,11). The molecule has 2 fully saturated rings. The molecule has 5 heteroatoms. The number of hydrogen-bond acceptors (Lipinski definition) is 3. The maximum Gasteiger partial charge on any atom is 0.407 e. The topological polar surface area (TPSA) is 66.8 Å². The highest BCUT2D eigenvalue weighted by Gasteiger charge is 2.44. The zero-order valence-corrected chi connectivity index (χ0v) is 6.40. The molecular formula is C7H9NO4. The molecule has 0 radical (unpaired) electrons. The van der Waals surface area contributed by atoms with Crippen LogP contribution in [0.2, 0.25) is 0 Å². The molecule has 0 aromatic rings. The van der Waals surface area contributed by atoms with Gasteiger partial charge in [0.25, 0.3) is 0 Å². The van der Waals surface area contributed by atoms with Gasteiger partial charge in [0.2, 0.25) is 0 Å². The molecule has 66 valence electrons. The zero-order chi connectivity index (χ0) is 8.72. The van der Waals surface area contributed by atoms with Gasteiger partial charge in [-0.15, -0.1) is 0 Å². The SMILES string of the molecule is O=C1COC2CN(C(=O)O)CC12. The fourth-order valence-corrected chi connectivity index (χ4v) is 1.70. The molecule has 0 aromatic heterocycles. The molecule has 12 heavy (non-hydrogen) atoms. The van der Waals surface area contributed by atoms with Gasteiger partial charge in [-0.1, -0.05) is 0 Å². The van der Waals surface area contributed by atoms with E-state index < -0.39 is 6.09 Å². The maximum atomic E-state index is 11.1. The first-order valence-electron chi connectivity index (χ1n) is 3.80. The summed E-state index contributed by atoms with van der Waals surface area (Å²) in [6.45, 7) is 0.799. The molecular weight excluding hydrogens is 162 g/mol. The summed E-state index contributed by atoms with van der Waals surface area (Å²) in [4.78, 5) is 22.8. The minimum Gasteiger partial charge on any atom is -0.465 e. The lowest BCUT2D eigenvalue weighted by Crippen LogP contribution is -2.29. The van der Waals surface area contributed by atoms with E-state index in [1.807, 2.05) is 0 Å². The van der Waals surface area contributed by atoms with Crippen molar-refractivity contribution in [2.45, 2.75) is 6.10 Å². The van der Waals surface area contributed by atoms with Gasteiger partial charge in [-0.05, 0) is 0 Å². The lowest BCUT2D eigenvalue weighted by Gasteiger charge is -2.11. The Hall–Kier alpha value is -1.10. The number of fused-ring (bicyclic) bond motifs is 1. The van der Waals surface area contributed by atoms with Gasteiger partial charge in [0.1, 0.15) is 6.61 Å². The second kappa shape index (κ2) is 2.45. The van der Waals surface area contributed by atoms with Gasteiger partial charge >= 0.3 is 6.09 Å².